The summed E-state index contributed by atoms with van der Waals surface area (Å²) in [5, 5.41) is -0.856. The fourth-order valence-corrected chi connectivity index (χ4v) is 6.12. The first kappa shape index (κ1) is 11.3. The van der Waals surface area contributed by atoms with Gasteiger partial charge in [-0.25, -0.2) is 8.42 Å². The zero-order valence-electron chi connectivity index (χ0n) is 8.10. The molecule has 2 atom stereocenters. The minimum Gasteiger partial charge on any atom is -0.228 e. The summed E-state index contributed by atoms with van der Waals surface area (Å²) in [5.41, 5.74) is 0. The molecule has 2 aliphatic rings. The molecule has 0 amide bonds. The summed E-state index contributed by atoms with van der Waals surface area (Å²) >= 11 is 0. The molecule has 4 nitrogen and oxygen atoms in total. The summed E-state index contributed by atoms with van der Waals surface area (Å²) in [7, 11) is -7.51. The Kier molecular flexibility index (Phi) is 2.57. The standard InChI is InChI=1S/C8H13FO4S2/c9-14(10,11)5-6-3-7-1-2-8(4-6)15(7,12)13/h6-8H,1-5H2. The molecule has 2 bridgehead atoms. The quantitative estimate of drug-likeness (QED) is 0.680. The molecule has 15 heavy (non-hydrogen) atoms. The van der Waals surface area contributed by atoms with Crippen LogP contribution < -0.4 is 0 Å². The van der Waals surface area contributed by atoms with Crippen LogP contribution in [0.3, 0.4) is 0 Å². The summed E-state index contributed by atoms with van der Waals surface area (Å²) in [6.45, 7) is 0. The Labute approximate surface area is 89.0 Å². The maximum absolute atomic E-state index is 12.5. The third-order valence-corrected chi connectivity index (χ3v) is 6.95. The van der Waals surface area contributed by atoms with Crippen molar-refractivity contribution in [2.24, 2.45) is 5.92 Å². The molecule has 2 aliphatic heterocycles. The topological polar surface area (TPSA) is 68.3 Å². The van der Waals surface area contributed by atoms with Crippen molar-refractivity contribution in [3.8, 4) is 0 Å². The van der Waals surface area contributed by atoms with Gasteiger partial charge in [-0.15, -0.1) is 3.89 Å². The molecule has 2 fully saturated rings. The number of fused-ring (bicyclic) bond motifs is 2. The normalized spacial score (nSPS) is 39.1. The molecule has 2 saturated heterocycles. The summed E-state index contributed by atoms with van der Waals surface area (Å²) in [4.78, 5) is 0. The van der Waals surface area contributed by atoms with Crippen LogP contribution in [-0.4, -0.2) is 33.1 Å². The molecular weight excluding hydrogens is 243 g/mol. The molecule has 0 aromatic heterocycles. The van der Waals surface area contributed by atoms with Gasteiger partial charge in [0.1, 0.15) is 0 Å². The number of hydrogen-bond acceptors (Lipinski definition) is 4. The van der Waals surface area contributed by atoms with Gasteiger partial charge >= 0.3 is 10.2 Å². The van der Waals surface area contributed by atoms with E-state index < -0.39 is 36.3 Å². The van der Waals surface area contributed by atoms with Gasteiger partial charge in [-0.2, -0.15) is 8.42 Å². The lowest BCUT2D eigenvalue weighted by Gasteiger charge is -2.26. The zero-order chi connectivity index (χ0) is 11.3. The average Bonchev–Trinajstić information content (AvgIpc) is 2.29. The SMILES string of the molecule is O=S(=O)(F)CC1CC2CCC(C1)S2(=O)=O. The second-order valence-electron chi connectivity index (χ2n) is 4.45. The van der Waals surface area contributed by atoms with Gasteiger partial charge in [0, 0.05) is 0 Å². The van der Waals surface area contributed by atoms with E-state index in [1.165, 1.54) is 0 Å². The average molecular weight is 256 g/mol. The molecule has 0 saturated carbocycles. The van der Waals surface area contributed by atoms with Crippen LogP contribution in [0.1, 0.15) is 25.7 Å². The van der Waals surface area contributed by atoms with E-state index in [9.17, 15) is 20.7 Å². The van der Waals surface area contributed by atoms with Gasteiger partial charge in [-0.05, 0) is 31.6 Å². The minimum absolute atomic E-state index is 0.308. The van der Waals surface area contributed by atoms with Crippen LogP contribution in [0.4, 0.5) is 3.89 Å². The number of halogens is 1. The van der Waals surface area contributed by atoms with Crippen LogP contribution in [0.5, 0.6) is 0 Å². The Morgan fingerprint density at radius 2 is 1.60 bits per heavy atom. The molecule has 88 valence electrons. The summed E-state index contributed by atoms with van der Waals surface area (Å²) in [5.74, 6) is -0.837. The minimum atomic E-state index is -4.47. The van der Waals surface area contributed by atoms with E-state index in [0.717, 1.165) is 0 Å². The van der Waals surface area contributed by atoms with Crippen molar-refractivity contribution >= 4 is 20.1 Å². The third kappa shape index (κ3) is 2.18. The van der Waals surface area contributed by atoms with E-state index in [1.54, 1.807) is 0 Å². The Bertz CT molecular complexity index is 433. The molecule has 0 N–H and O–H groups in total. The van der Waals surface area contributed by atoms with Gasteiger partial charge < -0.3 is 0 Å². The fourth-order valence-electron chi connectivity index (χ4n) is 2.73. The van der Waals surface area contributed by atoms with Crippen molar-refractivity contribution in [1.82, 2.24) is 0 Å². The molecule has 0 aromatic carbocycles. The molecule has 2 rings (SSSR count). The van der Waals surface area contributed by atoms with Crippen LogP contribution in [0.2, 0.25) is 0 Å². The third-order valence-electron chi connectivity index (χ3n) is 3.37. The van der Waals surface area contributed by atoms with Crippen molar-refractivity contribution in [1.29, 1.82) is 0 Å². The molecular formula is C8H13FO4S2. The lowest BCUT2D eigenvalue weighted by Crippen LogP contribution is -2.35. The van der Waals surface area contributed by atoms with Crippen LogP contribution in [0.15, 0.2) is 0 Å². The van der Waals surface area contributed by atoms with E-state index in [4.69, 9.17) is 0 Å². The van der Waals surface area contributed by atoms with E-state index in [2.05, 4.69) is 0 Å². The van der Waals surface area contributed by atoms with E-state index in [0.29, 0.717) is 25.7 Å². The smallest absolute Gasteiger partial charge is 0.228 e. The summed E-state index contributed by atoms with van der Waals surface area (Å²) in [6, 6.07) is 0. The van der Waals surface area contributed by atoms with Crippen molar-refractivity contribution < 1.29 is 20.7 Å². The second-order valence-corrected chi connectivity index (χ2v) is 8.38. The van der Waals surface area contributed by atoms with E-state index in [1.807, 2.05) is 0 Å². The van der Waals surface area contributed by atoms with Crippen LogP contribution in [0.25, 0.3) is 0 Å². The van der Waals surface area contributed by atoms with Gasteiger partial charge in [-0.1, -0.05) is 0 Å². The van der Waals surface area contributed by atoms with Gasteiger partial charge in [0.05, 0.1) is 16.3 Å². The molecule has 2 unspecified atom stereocenters. The van der Waals surface area contributed by atoms with Gasteiger partial charge in [0.2, 0.25) is 0 Å². The predicted molar refractivity (Wildman–Crippen MR) is 53.3 cm³/mol. The Morgan fingerprint density at radius 3 is 2.00 bits per heavy atom. The fraction of sp³-hybridized carbons (Fsp3) is 1.00. The maximum atomic E-state index is 12.5. The Hall–Kier alpha value is -0.170. The lowest BCUT2D eigenvalue weighted by molar-refractivity contribution is 0.445. The molecule has 0 aliphatic carbocycles. The largest absolute Gasteiger partial charge is 0.302 e. The molecule has 0 aromatic rings. The van der Waals surface area contributed by atoms with Crippen molar-refractivity contribution in [3.05, 3.63) is 0 Å². The predicted octanol–water partition coefficient (Wildman–Crippen LogP) is 0.642. The van der Waals surface area contributed by atoms with Crippen molar-refractivity contribution in [2.75, 3.05) is 5.75 Å². The maximum Gasteiger partial charge on any atom is 0.302 e. The Morgan fingerprint density at radius 1 is 1.13 bits per heavy atom. The van der Waals surface area contributed by atoms with Crippen LogP contribution >= 0.6 is 0 Å². The first-order valence-electron chi connectivity index (χ1n) is 4.94. The highest BCUT2D eigenvalue weighted by atomic mass is 32.3. The monoisotopic (exact) mass is 256 g/mol. The highest BCUT2D eigenvalue weighted by Gasteiger charge is 2.47. The second kappa shape index (κ2) is 3.41. The van der Waals surface area contributed by atoms with E-state index in [-0.39, 0.29) is 5.92 Å². The van der Waals surface area contributed by atoms with Gasteiger partial charge in [0.25, 0.3) is 0 Å². The summed E-state index contributed by atoms with van der Waals surface area (Å²) in [6.07, 6.45) is 1.83. The number of rotatable bonds is 2. The van der Waals surface area contributed by atoms with Crippen molar-refractivity contribution in [3.63, 3.8) is 0 Å². The van der Waals surface area contributed by atoms with Crippen LogP contribution in [0, 0.1) is 5.92 Å². The van der Waals surface area contributed by atoms with Gasteiger partial charge in [-0.3, -0.25) is 0 Å². The zero-order valence-corrected chi connectivity index (χ0v) is 9.73. The van der Waals surface area contributed by atoms with Crippen LogP contribution in [-0.2, 0) is 20.1 Å². The number of sulfone groups is 1. The molecule has 7 heteroatoms. The highest BCUT2D eigenvalue weighted by molar-refractivity contribution is 7.93. The Balaban J connectivity index is 2.13. The van der Waals surface area contributed by atoms with Crippen molar-refractivity contribution in [2.45, 2.75) is 36.2 Å². The number of hydrogen-bond donors (Lipinski definition) is 0. The molecule has 2 heterocycles. The highest BCUT2D eigenvalue weighted by Crippen LogP contribution is 2.41. The summed E-state index contributed by atoms with van der Waals surface area (Å²) < 4.78 is 56.7. The lowest BCUT2D eigenvalue weighted by atomic mass is 10.0. The molecule has 0 spiro atoms. The van der Waals surface area contributed by atoms with E-state index >= 15 is 0 Å². The van der Waals surface area contributed by atoms with Gasteiger partial charge in [0.15, 0.2) is 9.84 Å². The molecule has 0 radical (unpaired) electrons. The first-order valence-corrected chi connectivity index (χ1v) is 8.10. The first-order chi connectivity index (χ1) is 6.79.